The summed E-state index contributed by atoms with van der Waals surface area (Å²) in [5.74, 6) is 2.81. The molecule has 146 valence electrons. The number of rotatable bonds is 6. The zero-order valence-electron chi connectivity index (χ0n) is 15.7. The zero-order chi connectivity index (χ0) is 19.5. The predicted octanol–water partition coefficient (Wildman–Crippen LogP) is 3.57. The van der Waals surface area contributed by atoms with Crippen molar-refractivity contribution in [2.24, 2.45) is 7.05 Å². The number of nitrogens with zero attached hydrogens (tertiary/aromatic N) is 2. The summed E-state index contributed by atoms with van der Waals surface area (Å²) in [6.07, 6.45) is 3.64. The topological polar surface area (TPSA) is 78.5 Å². The maximum absolute atomic E-state index is 12.5. The van der Waals surface area contributed by atoms with E-state index in [4.69, 9.17) is 13.9 Å². The molecule has 1 amide bonds. The molecule has 7 nitrogen and oxygen atoms in total. The lowest BCUT2D eigenvalue weighted by Crippen LogP contribution is -2.26. The van der Waals surface area contributed by atoms with Crippen molar-refractivity contribution in [3.8, 4) is 11.5 Å². The van der Waals surface area contributed by atoms with Gasteiger partial charge >= 0.3 is 0 Å². The molecule has 1 atom stereocenters. The van der Waals surface area contributed by atoms with Gasteiger partial charge in [0, 0.05) is 19.4 Å². The number of imidazole rings is 1. The Morgan fingerprint density at radius 3 is 2.86 bits per heavy atom. The molecule has 3 heterocycles. The third kappa shape index (κ3) is 4.01. The molecule has 1 aliphatic rings. The fourth-order valence-electron chi connectivity index (χ4n) is 2.88. The molecule has 1 aromatic carbocycles. The van der Waals surface area contributed by atoms with Crippen LogP contribution in [0.1, 0.15) is 34.8 Å². The molecule has 4 rings (SSSR count). The molecule has 28 heavy (non-hydrogen) atoms. The zero-order valence-corrected chi connectivity index (χ0v) is 16.5. The first kappa shape index (κ1) is 18.5. The Morgan fingerprint density at radius 2 is 2.07 bits per heavy atom. The number of aromatic nitrogens is 2. The average Bonchev–Trinajstić information content (AvgIpc) is 3.35. The molecule has 0 saturated carbocycles. The van der Waals surface area contributed by atoms with Crippen LogP contribution in [-0.2, 0) is 12.8 Å². The van der Waals surface area contributed by atoms with Crippen LogP contribution >= 0.6 is 11.8 Å². The van der Waals surface area contributed by atoms with Crippen LogP contribution in [0.5, 0.6) is 11.5 Å². The quantitative estimate of drug-likeness (QED) is 0.639. The molecule has 8 heteroatoms. The van der Waals surface area contributed by atoms with Crippen molar-refractivity contribution in [3.05, 3.63) is 59.8 Å². The second kappa shape index (κ2) is 8.02. The van der Waals surface area contributed by atoms with E-state index in [1.807, 2.05) is 49.0 Å². The van der Waals surface area contributed by atoms with E-state index in [2.05, 4.69) is 10.3 Å². The van der Waals surface area contributed by atoms with Gasteiger partial charge in [-0.15, -0.1) is 0 Å². The lowest BCUT2D eigenvalue weighted by atomic mass is 10.1. The molecular weight excluding hydrogens is 378 g/mol. The van der Waals surface area contributed by atoms with Crippen LogP contribution in [0.2, 0.25) is 0 Å². The van der Waals surface area contributed by atoms with Gasteiger partial charge in [0.1, 0.15) is 19.0 Å². The number of amides is 1. The highest BCUT2D eigenvalue weighted by Gasteiger charge is 2.18. The van der Waals surface area contributed by atoms with Crippen molar-refractivity contribution in [1.82, 2.24) is 14.9 Å². The molecule has 0 bridgehead atoms. The molecular formula is C20H21N3O4S. The number of furan rings is 1. The van der Waals surface area contributed by atoms with Gasteiger partial charge in [0.2, 0.25) is 0 Å². The van der Waals surface area contributed by atoms with Crippen LogP contribution in [0.25, 0.3) is 0 Å². The number of benzene rings is 1. The van der Waals surface area contributed by atoms with Gasteiger partial charge in [-0.3, -0.25) is 4.79 Å². The second-order valence-electron chi connectivity index (χ2n) is 6.47. The number of aryl methyl sites for hydroxylation is 1. The van der Waals surface area contributed by atoms with Crippen LogP contribution in [0.15, 0.2) is 52.3 Å². The van der Waals surface area contributed by atoms with Crippen molar-refractivity contribution in [3.63, 3.8) is 0 Å². The number of thioether (sulfide) groups is 1. The van der Waals surface area contributed by atoms with Crippen LogP contribution < -0.4 is 14.8 Å². The van der Waals surface area contributed by atoms with E-state index in [0.717, 1.165) is 22.2 Å². The predicted molar refractivity (Wildman–Crippen MR) is 105 cm³/mol. The minimum Gasteiger partial charge on any atom is -0.486 e. The van der Waals surface area contributed by atoms with Crippen molar-refractivity contribution in [2.45, 2.75) is 23.9 Å². The largest absolute Gasteiger partial charge is 0.486 e. The average molecular weight is 399 g/mol. The second-order valence-corrected chi connectivity index (χ2v) is 7.42. The van der Waals surface area contributed by atoms with Crippen LogP contribution in [0, 0.1) is 0 Å². The Kier molecular flexibility index (Phi) is 5.29. The highest BCUT2D eigenvalue weighted by Crippen LogP contribution is 2.32. The summed E-state index contributed by atoms with van der Waals surface area (Å²) >= 11 is 1.56. The summed E-state index contributed by atoms with van der Waals surface area (Å²) in [5.41, 5.74) is 0.940. The van der Waals surface area contributed by atoms with Gasteiger partial charge in [-0.1, -0.05) is 17.8 Å². The minimum absolute atomic E-state index is 0.196. The molecule has 1 aliphatic heterocycles. The van der Waals surface area contributed by atoms with Gasteiger partial charge < -0.3 is 23.8 Å². The number of carbonyl (C=O) groups is 1. The monoisotopic (exact) mass is 399 g/mol. The van der Waals surface area contributed by atoms with E-state index in [1.165, 1.54) is 0 Å². The van der Waals surface area contributed by atoms with Gasteiger partial charge in [0.25, 0.3) is 5.91 Å². The molecule has 0 fully saturated rings. The molecule has 2 aromatic heterocycles. The number of hydrogen-bond donors (Lipinski definition) is 1. The Morgan fingerprint density at radius 1 is 1.25 bits per heavy atom. The van der Waals surface area contributed by atoms with E-state index < -0.39 is 0 Å². The van der Waals surface area contributed by atoms with Gasteiger partial charge in [-0.25, -0.2) is 4.98 Å². The van der Waals surface area contributed by atoms with Gasteiger partial charge in [0.15, 0.2) is 22.4 Å². The fourth-order valence-corrected chi connectivity index (χ4v) is 3.71. The Labute approximate surface area is 167 Å². The molecule has 0 saturated heterocycles. The fraction of sp³-hybridized carbons (Fsp3) is 0.300. The van der Waals surface area contributed by atoms with E-state index in [-0.39, 0.29) is 11.9 Å². The van der Waals surface area contributed by atoms with Gasteiger partial charge in [-0.2, -0.15) is 0 Å². The van der Waals surface area contributed by atoms with Crippen LogP contribution in [-0.4, -0.2) is 28.7 Å². The first-order valence-corrected chi connectivity index (χ1v) is 9.98. The highest BCUT2D eigenvalue weighted by atomic mass is 32.2. The lowest BCUT2D eigenvalue weighted by molar-refractivity contribution is 0.0910. The molecule has 1 unspecified atom stereocenters. The van der Waals surface area contributed by atoms with Crippen molar-refractivity contribution >= 4 is 17.7 Å². The number of carbonyl (C=O) groups excluding carboxylic acids is 1. The smallest absolute Gasteiger partial charge is 0.287 e. The van der Waals surface area contributed by atoms with E-state index in [0.29, 0.717) is 30.5 Å². The van der Waals surface area contributed by atoms with Crippen LogP contribution in [0.4, 0.5) is 0 Å². The molecule has 1 N–H and O–H groups in total. The van der Waals surface area contributed by atoms with Gasteiger partial charge in [0.05, 0.1) is 11.8 Å². The SMILES string of the molecule is CC(NC(=O)c1ccc(CSc2nccn2C)o1)c1ccc2c(c1)OCCO2. The number of ether oxygens (including phenoxy) is 2. The Bertz CT molecular complexity index is 981. The minimum atomic E-state index is -0.254. The first-order valence-electron chi connectivity index (χ1n) is 8.99. The first-order chi connectivity index (χ1) is 13.6. The maximum atomic E-state index is 12.5. The van der Waals surface area contributed by atoms with Crippen molar-refractivity contribution in [1.29, 1.82) is 0 Å². The number of hydrogen-bond acceptors (Lipinski definition) is 6. The van der Waals surface area contributed by atoms with Gasteiger partial charge in [-0.05, 0) is 36.8 Å². The summed E-state index contributed by atoms with van der Waals surface area (Å²) in [4.78, 5) is 16.8. The van der Waals surface area contributed by atoms with E-state index >= 15 is 0 Å². The third-order valence-corrected chi connectivity index (χ3v) is 5.50. The maximum Gasteiger partial charge on any atom is 0.287 e. The Hall–Kier alpha value is -2.87. The summed E-state index contributed by atoms with van der Waals surface area (Å²) in [6, 6.07) is 9.01. The molecule has 0 spiro atoms. The molecule has 0 radical (unpaired) electrons. The standard InChI is InChI=1S/C20H21N3O4S/c1-13(14-3-5-16-18(11-14)26-10-9-25-16)22-19(24)17-6-4-15(27-17)12-28-20-21-7-8-23(20)2/h3-8,11,13H,9-10,12H2,1-2H3,(H,22,24). The lowest BCUT2D eigenvalue weighted by Gasteiger charge is -2.21. The van der Waals surface area contributed by atoms with E-state index in [1.54, 1.807) is 24.0 Å². The van der Waals surface area contributed by atoms with Crippen molar-refractivity contribution in [2.75, 3.05) is 13.2 Å². The normalized spacial score (nSPS) is 13.9. The van der Waals surface area contributed by atoms with Crippen LogP contribution in [0.3, 0.4) is 0 Å². The summed E-state index contributed by atoms with van der Waals surface area (Å²) in [7, 11) is 1.94. The third-order valence-electron chi connectivity index (χ3n) is 4.42. The van der Waals surface area contributed by atoms with Crippen molar-refractivity contribution < 1.29 is 18.7 Å². The Balaban J connectivity index is 1.37. The summed E-state index contributed by atoms with van der Waals surface area (Å²) < 4.78 is 18.8. The number of nitrogens with one attached hydrogen (secondary N) is 1. The van der Waals surface area contributed by atoms with E-state index in [9.17, 15) is 4.79 Å². The number of fused-ring (bicyclic) bond motifs is 1. The molecule has 3 aromatic rings. The highest BCUT2D eigenvalue weighted by molar-refractivity contribution is 7.98. The summed E-state index contributed by atoms with van der Waals surface area (Å²) in [6.45, 7) is 3.00. The summed E-state index contributed by atoms with van der Waals surface area (Å²) in [5, 5.41) is 3.86. The molecule has 0 aliphatic carbocycles.